The number of likely N-dealkylation sites (N-methyl/N-ethyl adjacent to an activating group) is 1. The van der Waals surface area contributed by atoms with Gasteiger partial charge in [0.05, 0.1) is 26.7 Å². The van der Waals surface area contributed by atoms with Gasteiger partial charge in [-0.25, -0.2) is 4.79 Å². The summed E-state index contributed by atoms with van der Waals surface area (Å²) in [5.41, 5.74) is 0. The van der Waals surface area contributed by atoms with E-state index in [0.29, 0.717) is 13.2 Å². The molecule has 0 atom stereocenters. The topological polar surface area (TPSA) is 26.3 Å². The maximum atomic E-state index is 11.2. The molecule has 3 nitrogen and oxygen atoms in total. The van der Waals surface area contributed by atoms with Crippen LogP contribution >= 0.6 is 0 Å². The molecule has 1 fully saturated rings. The second-order valence-electron chi connectivity index (χ2n) is 3.74. The van der Waals surface area contributed by atoms with E-state index in [1.807, 2.05) is 6.92 Å². The minimum Gasteiger partial charge on any atom is -1.00 e. The number of carbonyl (C=O) groups excluding carboxylic acids is 1. The molecule has 0 aromatic rings. The number of likely N-dealkylation sites (tertiary alicyclic amines) is 1. The highest BCUT2D eigenvalue weighted by atomic mass is 127. The quantitative estimate of drug-likeness (QED) is 0.336. The predicted molar refractivity (Wildman–Crippen MR) is 46.7 cm³/mol. The first-order valence-corrected chi connectivity index (χ1v) is 4.65. The summed E-state index contributed by atoms with van der Waals surface area (Å²) in [4.78, 5) is 11.2. The van der Waals surface area contributed by atoms with Crippen LogP contribution in [0.25, 0.3) is 0 Å². The Kier molecular flexibility index (Phi) is 5.87. The molecule has 0 bridgehead atoms. The van der Waals surface area contributed by atoms with Gasteiger partial charge in [-0.2, -0.15) is 0 Å². The van der Waals surface area contributed by atoms with Gasteiger partial charge in [0, 0.05) is 12.8 Å². The molecule has 0 amide bonds. The molecule has 1 saturated heterocycles. The highest BCUT2D eigenvalue weighted by Crippen LogP contribution is 2.15. The van der Waals surface area contributed by atoms with E-state index in [0.717, 1.165) is 17.6 Å². The van der Waals surface area contributed by atoms with Crippen LogP contribution in [0.15, 0.2) is 0 Å². The van der Waals surface area contributed by atoms with Crippen molar-refractivity contribution in [2.24, 2.45) is 0 Å². The minimum absolute atomic E-state index is 0. The second-order valence-corrected chi connectivity index (χ2v) is 3.74. The number of hydrogen-bond donors (Lipinski definition) is 0. The zero-order valence-corrected chi connectivity index (χ0v) is 10.5. The number of halogens is 1. The van der Waals surface area contributed by atoms with E-state index in [9.17, 15) is 4.79 Å². The lowest BCUT2D eigenvalue weighted by Gasteiger charge is -2.27. The van der Waals surface area contributed by atoms with Gasteiger partial charge in [-0.3, -0.25) is 0 Å². The van der Waals surface area contributed by atoms with Crippen molar-refractivity contribution in [3.05, 3.63) is 0 Å². The molecule has 1 rings (SSSR count). The summed E-state index contributed by atoms with van der Waals surface area (Å²) in [6.45, 7) is 5.15. The van der Waals surface area contributed by atoms with E-state index in [-0.39, 0.29) is 29.9 Å². The molecule has 0 radical (unpaired) electrons. The van der Waals surface area contributed by atoms with Gasteiger partial charge >= 0.3 is 5.97 Å². The van der Waals surface area contributed by atoms with Crippen LogP contribution in [0.2, 0.25) is 0 Å². The third-order valence-electron chi connectivity index (χ3n) is 2.46. The van der Waals surface area contributed by atoms with Crippen LogP contribution in [-0.2, 0) is 9.53 Å². The monoisotopic (exact) mass is 299 g/mol. The molecular formula is C9H18INO2. The molecule has 0 aromatic heterocycles. The number of esters is 1. The Morgan fingerprint density at radius 1 is 1.38 bits per heavy atom. The van der Waals surface area contributed by atoms with Gasteiger partial charge in [-0.1, -0.05) is 0 Å². The van der Waals surface area contributed by atoms with Crippen LogP contribution in [0.4, 0.5) is 0 Å². The number of quaternary nitrogens is 1. The van der Waals surface area contributed by atoms with E-state index in [1.165, 1.54) is 12.8 Å². The van der Waals surface area contributed by atoms with Crippen molar-refractivity contribution in [2.75, 3.05) is 33.3 Å². The van der Waals surface area contributed by atoms with Gasteiger partial charge in [0.15, 0.2) is 6.54 Å². The summed E-state index contributed by atoms with van der Waals surface area (Å²) in [5.74, 6) is -0.0538. The van der Waals surface area contributed by atoms with Crippen molar-refractivity contribution < 1.29 is 38.0 Å². The SMILES string of the molecule is CCOC(=O)C[N+]1(C)CCCC1.[I-]. The molecule has 1 aliphatic heterocycles. The van der Waals surface area contributed by atoms with Gasteiger partial charge in [-0.05, 0) is 6.92 Å². The Morgan fingerprint density at radius 2 is 1.92 bits per heavy atom. The Bertz CT molecular complexity index is 167. The molecule has 4 heteroatoms. The van der Waals surface area contributed by atoms with Gasteiger partial charge < -0.3 is 33.2 Å². The lowest BCUT2D eigenvalue weighted by molar-refractivity contribution is -0.890. The molecule has 1 heterocycles. The Hall–Kier alpha value is 0.160. The third kappa shape index (κ3) is 4.26. The Balaban J connectivity index is 0.00000144. The first-order valence-electron chi connectivity index (χ1n) is 4.65. The minimum atomic E-state index is -0.0538. The van der Waals surface area contributed by atoms with Crippen molar-refractivity contribution in [3.8, 4) is 0 Å². The van der Waals surface area contributed by atoms with E-state index >= 15 is 0 Å². The van der Waals surface area contributed by atoms with E-state index in [4.69, 9.17) is 4.74 Å². The highest BCUT2D eigenvalue weighted by Gasteiger charge is 2.29. The molecule has 0 saturated carbocycles. The van der Waals surface area contributed by atoms with Crippen molar-refractivity contribution >= 4 is 5.97 Å². The molecule has 1 aliphatic rings. The van der Waals surface area contributed by atoms with Crippen LogP contribution in [0, 0.1) is 0 Å². The molecule has 0 N–H and O–H groups in total. The molecule has 0 unspecified atom stereocenters. The largest absolute Gasteiger partial charge is 1.00 e. The maximum absolute atomic E-state index is 11.2. The zero-order valence-electron chi connectivity index (χ0n) is 8.38. The van der Waals surface area contributed by atoms with Crippen LogP contribution in [0.1, 0.15) is 19.8 Å². The van der Waals surface area contributed by atoms with Crippen molar-refractivity contribution in [2.45, 2.75) is 19.8 Å². The smallest absolute Gasteiger partial charge is 0.361 e. The van der Waals surface area contributed by atoms with Crippen molar-refractivity contribution in [1.29, 1.82) is 0 Å². The Labute approximate surface area is 97.0 Å². The summed E-state index contributed by atoms with van der Waals surface area (Å²) >= 11 is 0. The van der Waals surface area contributed by atoms with Gasteiger partial charge in [0.1, 0.15) is 0 Å². The standard InChI is InChI=1S/C9H18NO2.HI/c1-3-12-9(11)8-10(2)6-4-5-7-10;/h3-8H2,1-2H3;1H/q+1;/p-1. The van der Waals surface area contributed by atoms with Gasteiger partial charge in [0.25, 0.3) is 0 Å². The molecular weight excluding hydrogens is 281 g/mol. The molecule has 0 aliphatic carbocycles. The third-order valence-corrected chi connectivity index (χ3v) is 2.46. The van der Waals surface area contributed by atoms with E-state index in [1.54, 1.807) is 0 Å². The lowest BCUT2D eigenvalue weighted by atomic mass is 10.4. The van der Waals surface area contributed by atoms with Crippen LogP contribution in [0.3, 0.4) is 0 Å². The van der Waals surface area contributed by atoms with Crippen molar-refractivity contribution in [1.82, 2.24) is 0 Å². The fraction of sp³-hybridized carbons (Fsp3) is 0.889. The Morgan fingerprint density at radius 3 is 2.38 bits per heavy atom. The lowest BCUT2D eigenvalue weighted by Crippen LogP contribution is -3.00. The second kappa shape index (κ2) is 5.80. The summed E-state index contributed by atoms with van der Waals surface area (Å²) < 4.78 is 5.79. The first-order chi connectivity index (χ1) is 5.66. The van der Waals surface area contributed by atoms with Crippen LogP contribution in [-0.4, -0.2) is 43.7 Å². The number of ether oxygens (including phenoxy) is 1. The number of rotatable bonds is 3. The average Bonchev–Trinajstić information content (AvgIpc) is 2.36. The first kappa shape index (κ1) is 13.2. The summed E-state index contributed by atoms with van der Waals surface area (Å²) in [5, 5.41) is 0. The normalized spacial score (nSPS) is 19.2. The number of hydrogen-bond acceptors (Lipinski definition) is 2. The van der Waals surface area contributed by atoms with Crippen LogP contribution < -0.4 is 24.0 Å². The summed E-state index contributed by atoms with van der Waals surface area (Å²) in [7, 11) is 2.13. The van der Waals surface area contributed by atoms with E-state index < -0.39 is 0 Å². The highest BCUT2D eigenvalue weighted by molar-refractivity contribution is 5.70. The summed E-state index contributed by atoms with van der Waals surface area (Å²) in [6.07, 6.45) is 2.49. The summed E-state index contributed by atoms with van der Waals surface area (Å²) in [6, 6.07) is 0. The number of carbonyl (C=O) groups is 1. The molecule has 78 valence electrons. The van der Waals surface area contributed by atoms with E-state index in [2.05, 4.69) is 7.05 Å². The van der Waals surface area contributed by atoms with Crippen molar-refractivity contribution in [3.63, 3.8) is 0 Å². The fourth-order valence-corrected chi connectivity index (χ4v) is 1.78. The molecule has 0 aromatic carbocycles. The number of nitrogens with zero attached hydrogens (tertiary/aromatic N) is 1. The predicted octanol–water partition coefficient (Wildman–Crippen LogP) is -2.21. The maximum Gasteiger partial charge on any atom is 0.361 e. The molecule has 13 heavy (non-hydrogen) atoms. The van der Waals surface area contributed by atoms with Gasteiger partial charge in [0.2, 0.25) is 0 Å². The van der Waals surface area contributed by atoms with Gasteiger partial charge in [-0.15, -0.1) is 0 Å². The molecule has 0 spiro atoms. The average molecular weight is 299 g/mol. The zero-order chi connectivity index (χ0) is 9.03. The van der Waals surface area contributed by atoms with Crippen LogP contribution in [0.5, 0.6) is 0 Å². The fourth-order valence-electron chi connectivity index (χ4n) is 1.78.